The van der Waals surface area contributed by atoms with Crippen molar-refractivity contribution in [3.8, 4) is 0 Å². The maximum Gasteiger partial charge on any atom is 0.306 e. The Kier molecular flexibility index (Phi) is 47.1. The van der Waals surface area contributed by atoms with Crippen molar-refractivity contribution in [2.45, 2.75) is 245 Å². The molecule has 0 aromatic carbocycles. The van der Waals surface area contributed by atoms with E-state index in [4.69, 9.17) is 18.5 Å². The molecule has 0 bridgehead atoms. The minimum atomic E-state index is -4.64. The molecule has 0 aromatic heterocycles. The zero-order valence-electron chi connectivity index (χ0n) is 44.1. The van der Waals surface area contributed by atoms with Crippen LogP contribution in [0.5, 0.6) is 0 Å². The number of ether oxygens (including phenoxy) is 2. The molecule has 0 aliphatic rings. The van der Waals surface area contributed by atoms with Crippen LogP contribution < -0.4 is 4.89 Å². The zero-order valence-corrected chi connectivity index (χ0v) is 45.0. The van der Waals surface area contributed by atoms with E-state index in [2.05, 4.69) is 74.6 Å². The summed E-state index contributed by atoms with van der Waals surface area (Å²) in [6.45, 7) is 4.21. The number of unbranched alkanes of at least 4 members (excludes halogenated alkanes) is 26. The van der Waals surface area contributed by atoms with E-state index in [9.17, 15) is 19.0 Å². The van der Waals surface area contributed by atoms with Gasteiger partial charge in [-0.2, -0.15) is 0 Å². The lowest BCUT2D eigenvalue weighted by atomic mass is 10.0. The van der Waals surface area contributed by atoms with E-state index in [0.29, 0.717) is 17.4 Å². The Balaban J connectivity index is 4.22. The van der Waals surface area contributed by atoms with E-state index >= 15 is 0 Å². The summed E-state index contributed by atoms with van der Waals surface area (Å²) in [6.07, 6.45) is 61.1. The average molecular weight is 962 g/mol. The van der Waals surface area contributed by atoms with E-state index in [1.165, 1.54) is 128 Å². The van der Waals surface area contributed by atoms with Crippen LogP contribution in [0.1, 0.15) is 239 Å². The topological polar surface area (TPSA) is 111 Å². The largest absolute Gasteiger partial charge is 0.756 e. The van der Waals surface area contributed by atoms with Crippen molar-refractivity contribution < 1.29 is 42.1 Å². The number of likely N-dealkylation sites (N-methyl/N-ethyl adjacent to an activating group) is 1. The predicted octanol–water partition coefficient (Wildman–Crippen LogP) is 16.1. The van der Waals surface area contributed by atoms with Crippen LogP contribution in [0.2, 0.25) is 0 Å². The number of carbonyl (C=O) groups excluding carboxylic acids is 2. The molecule has 2 atom stereocenters. The first-order valence-corrected chi connectivity index (χ1v) is 29.0. The van der Waals surface area contributed by atoms with Crippen molar-refractivity contribution >= 4 is 19.8 Å². The standard InChI is InChI=1S/C57H104NO8P/c1-6-8-10-12-14-16-18-20-22-24-26-27-28-29-30-31-32-34-36-38-40-42-44-46-48-50-57(60)66-55(54-65-67(61,62)64-52-51-58(3,4)5)53-63-56(59)49-47-45-43-41-39-37-35-33-25-23-21-19-17-15-13-11-9-7-2/h17-20,23-26,28-29,55H,6-16,21-22,27,30-54H2,1-5H3/b19-17-,20-18-,25-23-,26-24-,29-28-. The summed E-state index contributed by atoms with van der Waals surface area (Å²) in [6, 6.07) is 0. The van der Waals surface area contributed by atoms with Gasteiger partial charge in [0.05, 0.1) is 27.7 Å². The highest BCUT2D eigenvalue weighted by molar-refractivity contribution is 7.45. The van der Waals surface area contributed by atoms with E-state index in [-0.39, 0.29) is 26.1 Å². The molecule has 0 N–H and O–H groups in total. The van der Waals surface area contributed by atoms with Crippen LogP contribution in [-0.4, -0.2) is 70.0 Å². The van der Waals surface area contributed by atoms with Crippen molar-refractivity contribution in [3.05, 3.63) is 60.8 Å². The Morgan fingerprint density at radius 3 is 1.21 bits per heavy atom. The summed E-state index contributed by atoms with van der Waals surface area (Å²) < 4.78 is 34.1. The highest BCUT2D eigenvalue weighted by Gasteiger charge is 2.21. The molecule has 0 saturated heterocycles. The van der Waals surface area contributed by atoms with Crippen LogP contribution in [0.25, 0.3) is 0 Å². The molecular weight excluding hydrogens is 858 g/mol. The molecule has 0 fully saturated rings. The number of phosphoric acid groups is 1. The minimum absolute atomic E-state index is 0.0349. The van der Waals surface area contributed by atoms with Crippen LogP contribution in [0, 0.1) is 0 Å². The number of esters is 2. The lowest BCUT2D eigenvalue weighted by molar-refractivity contribution is -0.870. The smallest absolute Gasteiger partial charge is 0.306 e. The fourth-order valence-electron chi connectivity index (χ4n) is 7.46. The molecule has 0 aliphatic carbocycles. The third kappa shape index (κ3) is 52.9. The maximum atomic E-state index is 12.8. The second-order valence-electron chi connectivity index (χ2n) is 19.6. The number of hydrogen-bond donors (Lipinski definition) is 0. The van der Waals surface area contributed by atoms with Gasteiger partial charge in [0.15, 0.2) is 6.10 Å². The highest BCUT2D eigenvalue weighted by Crippen LogP contribution is 2.38. The summed E-state index contributed by atoms with van der Waals surface area (Å²) in [5.41, 5.74) is 0. The molecule has 0 rings (SSSR count). The van der Waals surface area contributed by atoms with Crippen molar-refractivity contribution in [2.75, 3.05) is 47.5 Å². The molecule has 390 valence electrons. The van der Waals surface area contributed by atoms with Crippen LogP contribution in [-0.2, 0) is 32.7 Å². The Morgan fingerprint density at radius 1 is 0.463 bits per heavy atom. The first-order valence-electron chi connectivity index (χ1n) is 27.5. The summed E-state index contributed by atoms with van der Waals surface area (Å²) in [7, 11) is 1.16. The van der Waals surface area contributed by atoms with Gasteiger partial charge in [-0.25, -0.2) is 0 Å². The fourth-order valence-corrected chi connectivity index (χ4v) is 8.19. The monoisotopic (exact) mass is 962 g/mol. The van der Waals surface area contributed by atoms with Gasteiger partial charge in [-0.3, -0.25) is 14.2 Å². The molecule has 10 heteroatoms. The fraction of sp³-hybridized carbons (Fsp3) is 0.789. The molecule has 0 heterocycles. The third-order valence-corrected chi connectivity index (χ3v) is 12.7. The molecular formula is C57H104NO8P. The molecule has 0 aromatic rings. The van der Waals surface area contributed by atoms with Crippen molar-refractivity contribution in [1.82, 2.24) is 0 Å². The second kappa shape index (κ2) is 48.7. The van der Waals surface area contributed by atoms with Gasteiger partial charge in [-0.1, -0.05) is 203 Å². The first kappa shape index (κ1) is 64.7. The van der Waals surface area contributed by atoms with Crippen LogP contribution >= 0.6 is 7.82 Å². The quantitative estimate of drug-likeness (QED) is 0.0195. The number of nitrogens with zero attached hydrogens (tertiary/aromatic N) is 1. The SMILES string of the molecule is CCCCCC/C=C\C/C=C\CCCCCCCCCC(=O)OCC(COP(=O)([O-])OCC[N+](C)(C)C)OC(=O)CCCCCCCCCCCC/C=C\C/C=C\C/C=C\CCCCCCC. The van der Waals surface area contributed by atoms with Gasteiger partial charge in [0, 0.05) is 12.8 Å². The Hall–Kier alpha value is -2.29. The molecule has 67 heavy (non-hydrogen) atoms. The van der Waals surface area contributed by atoms with Crippen LogP contribution in [0.3, 0.4) is 0 Å². The molecule has 2 unspecified atom stereocenters. The molecule has 0 radical (unpaired) electrons. The highest BCUT2D eigenvalue weighted by atomic mass is 31.2. The Bertz CT molecular complexity index is 1320. The summed E-state index contributed by atoms with van der Waals surface area (Å²) in [5, 5.41) is 0. The van der Waals surface area contributed by atoms with E-state index in [0.717, 1.165) is 77.0 Å². The van der Waals surface area contributed by atoms with Gasteiger partial charge in [0.2, 0.25) is 0 Å². The van der Waals surface area contributed by atoms with Gasteiger partial charge < -0.3 is 27.9 Å². The summed E-state index contributed by atoms with van der Waals surface area (Å²) >= 11 is 0. The lowest BCUT2D eigenvalue weighted by Gasteiger charge is -2.28. The predicted molar refractivity (Wildman–Crippen MR) is 282 cm³/mol. The molecule has 0 aliphatic heterocycles. The van der Waals surface area contributed by atoms with Gasteiger partial charge in [-0.15, -0.1) is 0 Å². The molecule has 0 saturated carbocycles. The van der Waals surface area contributed by atoms with Gasteiger partial charge in [0.25, 0.3) is 7.82 Å². The van der Waals surface area contributed by atoms with Crippen LogP contribution in [0.15, 0.2) is 60.8 Å². The third-order valence-electron chi connectivity index (χ3n) is 11.8. The number of carbonyl (C=O) groups is 2. The molecule has 0 amide bonds. The molecule has 0 spiro atoms. The van der Waals surface area contributed by atoms with Gasteiger partial charge >= 0.3 is 11.9 Å². The number of phosphoric ester groups is 1. The number of quaternary nitrogens is 1. The van der Waals surface area contributed by atoms with E-state index in [1.54, 1.807) is 0 Å². The average Bonchev–Trinajstić information content (AvgIpc) is 3.29. The Morgan fingerprint density at radius 2 is 0.806 bits per heavy atom. The van der Waals surface area contributed by atoms with Gasteiger partial charge in [0.1, 0.15) is 19.8 Å². The van der Waals surface area contributed by atoms with E-state index < -0.39 is 32.5 Å². The van der Waals surface area contributed by atoms with E-state index in [1.807, 2.05) is 21.1 Å². The zero-order chi connectivity index (χ0) is 49.2. The Labute approximate surface area is 413 Å². The van der Waals surface area contributed by atoms with Crippen molar-refractivity contribution in [1.29, 1.82) is 0 Å². The lowest BCUT2D eigenvalue weighted by Crippen LogP contribution is -2.37. The number of hydrogen-bond acceptors (Lipinski definition) is 8. The number of rotatable bonds is 50. The van der Waals surface area contributed by atoms with Crippen molar-refractivity contribution in [2.24, 2.45) is 0 Å². The van der Waals surface area contributed by atoms with Crippen molar-refractivity contribution in [3.63, 3.8) is 0 Å². The summed E-state index contributed by atoms with van der Waals surface area (Å²) in [4.78, 5) is 37.8. The summed E-state index contributed by atoms with van der Waals surface area (Å²) in [5.74, 6) is -0.844. The normalized spacial score (nSPS) is 13.8. The minimum Gasteiger partial charge on any atom is -0.756 e. The number of allylic oxidation sites excluding steroid dienone is 10. The maximum absolute atomic E-state index is 12.8. The first-order chi connectivity index (χ1) is 32.5. The van der Waals surface area contributed by atoms with Crippen LogP contribution in [0.4, 0.5) is 0 Å². The molecule has 9 nitrogen and oxygen atoms in total. The van der Waals surface area contributed by atoms with Gasteiger partial charge in [-0.05, 0) is 83.5 Å². The second-order valence-corrected chi connectivity index (χ2v) is 21.0.